The molecule has 0 spiro atoms. The van der Waals surface area contributed by atoms with Crippen LogP contribution >= 0.6 is 11.3 Å². The first-order valence-electron chi connectivity index (χ1n) is 6.21. The number of allylic oxidation sites excluding steroid dienone is 1. The highest BCUT2D eigenvalue weighted by atomic mass is 32.1. The summed E-state index contributed by atoms with van der Waals surface area (Å²) in [6.45, 7) is 1.90. The van der Waals surface area contributed by atoms with Gasteiger partial charge in [0.05, 0.1) is 23.0 Å². The number of primary amides is 1. The van der Waals surface area contributed by atoms with Crippen molar-refractivity contribution >= 4 is 23.2 Å². The molecule has 0 radical (unpaired) electrons. The average Bonchev–Trinajstić information content (AvgIpc) is 2.75. The molecular weight excluding hydrogens is 262 g/mol. The summed E-state index contributed by atoms with van der Waals surface area (Å²) in [5.41, 5.74) is 6.12. The van der Waals surface area contributed by atoms with Gasteiger partial charge < -0.3 is 11.1 Å². The van der Waals surface area contributed by atoms with E-state index < -0.39 is 0 Å². The first-order valence-corrected chi connectivity index (χ1v) is 7.09. The standard InChI is InChI=1S/C13H17N3O2S/c1-8-15-9(7-19-8)6-12(17)16-11-5-3-2-4-10(11)13(14)18/h2-3,7,10-11H,4-6H2,1H3,(H2,14,18)(H,16,17)/t10-,11-/m1/s1. The van der Waals surface area contributed by atoms with E-state index >= 15 is 0 Å². The molecule has 2 rings (SSSR count). The smallest absolute Gasteiger partial charge is 0.226 e. The molecule has 0 saturated heterocycles. The van der Waals surface area contributed by atoms with E-state index in [9.17, 15) is 9.59 Å². The number of hydrogen-bond acceptors (Lipinski definition) is 4. The Morgan fingerprint density at radius 3 is 2.84 bits per heavy atom. The first-order chi connectivity index (χ1) is 9.06. The quantitative estimate of drug-likeness (QED) is 0.804. The van der Waals surface area contributed by atoms with Gasteiger partial charge in [-0.2, -0.15) is 0 Å². The number of nitrogens with zero attached hydrogens (tertiary/aromatic N) is 1. The van der Waals surface area contributed by atoms with Crippen LogP contribution < -0.4 is 11.1 Å². The molecule has 0 bridgehead atoms. The van der Waals surface area contributed by atoms with E-state index in [4.69, 9.17) is 5.73 Å². The molecule has 1 aromatic heterocycles. The third kappa shape index (κ3) is 3.64. The van der Waals surface area contributed by atoms with Gasteiger partial charge in [-0.3, -0.25) is 9.59 Å². The van der Waals surface area contributed by atoms with Crippen molar-refractivity contribution in [3.8, 4) is 0 Å². The molecule has 0 saturated carbocycles. The highest BCUT2D eigenvalue weighted by Gasteiger charge is 2.28. The van der Waals surface area contributed by atoms with Crippen molar-refractivity contribution < 1.29 is 9.59 Å². The van der Waals surface area contributed by atoms with Gasteiger partial charge in [-0.15, -0.1) is 11.3 Å². The molecule has 19 heavy (non-hydrogen) atoms. The summed E-state index contributed by atoms with van der Waals surface area (Å²) in [6.07, 6.45) is 5.39. The van der Waals surface area contributed by atoms with E-state index in [0.717, 1.165) is 10.7 Å². The molecule has 102 valence electrons. The van der Waals surface area contributed by atoms with Crippen molar-refractivity contribution in [2.75, 3.05) is 0 Å². The highest BCUT2D eigenvalue weighted by molar-refractivity contribution is 7.09. The number of rotatable bonds is 4. The number of aryl methyl sites for hydroxylation is 1. The van der Waals surface area contributed by atoms with Crippen LogP contribution in [-0.2, 0) is 16.0 Å². The normalized spacial score (nSPS) is 22.2. The van der Waals surface area contributed by atoms with E-state index in [1.54, 1.807) is 0 Å². The molecule has 0 fully saturated rings. The summed E-state index contributed by atoms with van der Waals surface area (Å²) in [5, 5.41) is 5.70. The molecule has 0 aromatic carbocycles. The fraction of sp³-hybridized carbons (Fsp3) is 0.462. The Morgan fingerprint density at radius 2 is 2.21 bits per heavy atom. The lowest BCUT2D eigenvalue weighted by molar-refractivity contribution is -0.124. The van der Waals surface area contributed by atoms with E-state index in [-0.39, 0.29) is 30.2 Å². The summed E-state index contributed by atoms with van der Waals surface area (Å²) in [6, 6.07) is -0.199. The van der Waals surface area contributed by atoms with Gasteiger partial charge in [-0.05, 0) is 19.8 Å². The number of carbonyl (C=O) groups is 2. The van der Waals surface area contributed by atoms with E-state index in [1.807, 2.05) is 24.5 Å². The Morgan fingerprint density at radius 1 is 1.47 bits per heavy atom. The molecule has 0 aliphatic heterocycles. The molecule has 2 atom stereocenters. The SMILES string of the molecule is Cc1nc(CC(=O)N[C@@H]2CC=CC[C@H]2C(N)=O)cs1. The minimum atomic E-state index is -0.362. The zero-order chi connectivity index (χ0) is 13.8. The van der Waals surface area contributed by atoms with Gasteiger partial charge in [0, 0.05) is 11.4 Å². The predicted octanol–water partition coefficient (Wildman–Crippen LogP) is 0.930. The minimum Gasteiger partial charge on any atom is -0.369 e. The third-order valence-electron chi connectivity index (χ3n) is 3.15. The molecule has 1 aliphatic rings. The number of hydrogen-bond donors (Lipinski definition) is 2. The van der Waals surface area contributed by atoms with E-state index in [2.05, 4.69) is 10.3 Å². The van der Waals surface area contributed by atoms with Crippen LogP contribution in [0, 0.1) is 12.8 Å². The van der Waals surface area contributed by atoms with Crippen LogP contribution in [-0.4, -0.2) is 22.8 Å². The number of nitrogens with one attached hydrogen (secondary N) is 1. The van der Waals surface area contributed by atoms with Gasteiger partial charge in [0.2, 0.25) is 11.8 Å². The summed E-state index contributed by atoms with van der Waals surface area (Å²) >= 11 is 1.52. The molecule has 6 heteroatoms. The second-order valence-corrected chi connectivity index (χ2v) is 5.72. The average molecular weight is 279 g/mol. The van der Waals surface area contributed by atoms with Crippen LogP contribution in [0.4, 0.5) is 0 Å². The Labute approximate surface area is 115 Å². The zero-order valence-corrected chi connectivity index (χ0v) is 11.6. The molecule has 1 heterocycles. The summed E-state index contributed by atoms with van der Waals surface area (Å²) < 4.78 is 0. The molecular formula is C13H17N3O2S. The number of amides is 2. The second kappa shape index (κ2) is 5.97. The van der Waals surface area contributed by atoms with Crippen LogP contribution in [0.1, 0.15) is 23.5 Å². The monoisotopic (exact) mass is 279 g/mol. The number of nitrogens with two attached hydrogens (primary N) is 1. The van der Waals surface area contributed by atoms with E-state index in [1.165, 1.54) is 11.3 Å². The Hall–Kier alpha value is -1.69. The van der Waals surface area contributed by atoms with Gasteiger partial charge in [-0.1, -0.05) is 12.2 Å². The topological polar surface area (TPSA) is 85.1 Å². The molecule has 1 aromatic rings. The number of thiazole rings is 1. The van der Waals surface area contributed by atoms with Crippen molar-refractivity contribution in [1.82, 2.24) is 10.3 Å². The van der Waals surface area contributed by atoms with Crippen molar-refractivity contribution in [1.29, 1.82) is 0 Å². The Kier molecular flexibility index (Phi) is 4.31. The lowest BCUT2D eigenvalue weighted by atomic mass is 9.88. The predicted molar refractivity (Wildman–Crippen MR) is 73.5 cm³/mol. The van der Waals surface area contributed by atoms with Crippen molar-refractivity contribution in [3.63, 3.8) is 0 Å². The lowest BCUT2D eigenvalue weighted by Crippen LogP contribution is -2.46. The first kappa shape index (κ1) is 13.7. The zero-order valence-electron chi connectivity index (χ0n) is 10.8. The Bertz CT molecular complexity index is 510. The molecule has 5 nitrogen and oxygen atoms in total. The molecule has 2 amide bonds. The van der Waals surface area contributed by atoms with Crippen molar-refractivity contribution in [3.05, 3.63) is 28.2 Å². The van der Waals surface area contributed by atoms with Gasteiger partial charge in [-0.25, -0.2) is 4.98 Å². The lowest BCUT2D eigenvalue weighted by Gasteiger charge is -2.26. The third-order valence-corrected chi connectivity index (χ3v) is 3.97. The number of carbonyl (C=O) groups excluding carboxylic acids is 2. The fourth-order valence-electron chi connectivity index (χ4n) is 2.20. The maximum atomic E-state index is 11.9. The number of aromatic nitrogens is 1. The van der Waals surface area contributed by atoms with Gasteiger partial charge in [0.1, 0.15) is 0 Å². The van der Waals surface area contributed by atoms with Gasteiger partial charge >= 0.3 is 0 Å². The fourth-order valence-corrected chi connectivity index (χ4v) is 2.81. The largest absolute Gasteiger partial charge is 0.369 e. The van der Waals surface area contributed by atoms with Crippen LogP contribution in [0.5, 0.6) is 0 Å². The van der Waals surface area contributed by atoms with Crippen LogP contribution in [0.25, 0.3) is 0 Å². The van der Waals surface area contributed by atoms with Crippen LogP contribution in [0.3, 0.4) is 0 Å². The van der Waals surface area contributed by atoms with Crippen LogP contribution in [0.2, 0.25) is 0 Å². The molecule has 0 unspecified atom stereocenters. The highest BCUT2D eigenvalue weighted by Crippen LogP contribution is 2.19. The van der Waals surface area contributed by atoms with Crippen molar-refractivity contribution in [2.24, 2.45) is 11.7 Å². The van der Waals surface area contributed by atoms with Gasteiger partial charge in [0.15, 0.2) is 0 Å². The Balaban J connectivity index is 1.94. The maximum Gasteiger partial charge on any atom is 0.226 e. The molecule has 3 N–H and O–H groups in total. The molecule has 1 aliphatic carbocycles. The maximum absolute atomic E-state index is 11.9. The van der Waals surface area contributed by atoms with E-state index in [0.29, 0.717) is 12.8 Å². The van der Waals surface area contributed by atoms with Crippen LogP contribution in [0.15, 0.2) is 17.5 Å². The second-order valence-electron chi connectivity index (χ2n) is 4.66. The minimum absolute atomic E-state index is 0.114. The van der Waals surface area contributed by atoms with Gasteiger partial charge in [0.25, 0.3) is 0 Å². The summed E-state index contributed by atoms with van der Waals surface area (Å²) in [5.74, 6) is -0.790. The van der Waals surface area contributed by atoms with Crippen molar-refractivity contribution in [2.45, 2.75) is 32.2 Å². The summed E-state index contributed by atoms with van der Waals surface area (Å²) in [4.78, 5) is 27.5. The summed E-state index contributed by atoms with van der Waals surface area (Å²) in [7, 11) is 0.